The van der Waals surface area contributed by atoms with Crippen LogP contribution in [0.25, 0.3) is 0 Å². The highest BCUT2D eigenvalue weighted by Gasteiger charge is 2.15. The van der Waals surface area contributed by atoms with Crippen molar-refractivity contribution in [3.63, 3.8) is 0 Å². The Balaban J connectivity index is 1.33. The smallest absolute Gasteiger partial charge is 0.244 e. The van der Waals surface area contributed by atoms with Gasteiger partial charge in [-0.2, -0.15) is 10.1 Å². The van der Waals surface area contributed by atoms with E-state index in [1.807, 2.05) is 18.2 Å². The molecular formula is C16H19N5O3. The van der Waals surface area contributed by atoms with E-state index in [9.17, 15) is 0 Å². The molecular weight excluding hydrogens is 310 g/mol. The molecule has 8 heteroatoms. The lowest BCUT2D eigenvalue weighted by molar-refractivity contribution is 0.120. The molecule has 0 aliphatic carbocycles. The van der Waals surface area contributed by atoms with Crippen LogP contribution in [-0.4, -0.2) is 41.2 Å². The van der Waals surface area contributed by atoms with Crippen LogP contribution in [-0.2, 0) is 11.3 Å². The molecule has 0 radical (unpaired) electrons. The first kappa shape index (κ1) is 14.9. The van der Waals surface area contributed by atoms with E-state index in [1.54, 1.807) is 6.20 Å². The third-order valence-electron chi connectivity index (χ3n) is 3.98. The van der Waals surface area contributed by atoms with E-state index in [-0.39, 0.29) is 12.9 Å². The third-order valence-corrected chi connectivity index (χ3v) is 3.98. The van der Waals surface area contributed by atoms with Gasteiger partial charge in [-0.15, -0.1) is 5.10 Å². The maximum Gasteiger partial charge on any atom is 0.244 e. The maximum absolute atomic E-state index is 5.58. The van der Waals surface area contributed by atoms with Crippen LogP contribution >= 0.6 is 0 Å². The molecule has 1 atom stereocenters. The van der Waals surface area contributed by atoms with Gasteiger partial charge in [0.25, 0.3) is 0 Å². The van der Waals surface area contributed by atoms with Crippen LogP contribution in [0.2, 0.25) is 0 Å². The van der Waals surface area contributed by atoms with Gasteiger partial charge >= 0.3 is 0 Å². The van der Waals surface area contributed by atoms with Crippen molar-refractivity contribution in [1.29, 1.82) is 0 Å². The molecule has 0 bridgehead atoms. The second-order valence-corrected chi connectivity index (χ2v) is 5.72. The van der Waals surface area contributed by atoms with Crippen molar-refractivity contribution in [2.75, 3.05) is 30.6 Å². The summed E-state index contributed by atoms with van der Waals surface area (Å²) < 4.78 is 16.3. The van der Waals surface area contributed by atoms with Crippen molar-refractivity contribution >= 4 is 11.8 Å². The van der Waals surface area contributed by atoms with Crippen molar-refractivity contribution in [3.8, 4) is 11.5 Å². The van der Waals surface area contributed by atoms with Crippen LogP contribution in [0.4, 0.5) is 11.8 Å². The highest BCUT2D eigenvalue weighted by atomic mass is 16.7. The molecule has 24 heavy (non-hydrogen) atoms. The van der Waals surface area contributed by atoms with Gasteiger partial charge in [-0.3, -0.25) is 0 Å². The van der Waals surface area contributed by atoms with Gasteiger partial charge in [-0.1, -0.05) is 6.07 Å². The first-order chi connectivity index (χ1) is 11.9. The molecule has 4 rings (SSSR count). The van der Waals surface area contributed by atoms with Crippen molar-refractivity contribution in [3.05, 3.63) is 30.0 Å². The number of aromatic nitrogens is 3. The highest BCUT2D eigenvalue weighted by molar-refractivity contribution is 5.45. The lowest BCUT2D eigenvalue weighted by atomic mass is 10.2. The quantitative estimate of drug-likeness (QED) is 0.829. The van der Waals surface area contributed by atoms with Gasteiger partial charge in [-0.25, -0.2) is 0 Å². The molecule has 0 spiro atoms. The first-order valence-electron chi connectivity index (χ1n) is 8.04. The summed E-state index contributed by atoms with van der Waals surface area (Å²) in [5.41, 5.74) is 1.06. The monoisotopic (exact) mass is 329 g/mol. The molecule has 2 aromatic rings. The minimum absolute atomic E-state index is 0.255. The topological polar surface area (TPSA) is 90.4 Å². The summed E-state index contributed by atoms with van der Waals surface area (Å²) in [4.78, 5) is 4.41. The largest absolute Gasteiger partial charge is 0.454 e. The normalized spacial score (nSPS) is 18.6. The number of benzene rings is 1. The fraction of sp³-hybridized carbons (Fsp3) is 0.438. The fourth-order valence-corrected chi connectivity index (χ4v) is 2.72. The van der Waals surface area contributed by atoms with Crippen molar-refractivity contribution in [2.24, 2.45) is 0 Å². The SMILES string of the molecule is c1cc2c(cc1CNc1nncc(NCC3CCCO3)n1)OCO2. The number of fused-ring (bicyclic) bond motifs is 1. The number of hydrogen-bond donors (Lipinski definition) is 2. The molecule has 0 saturated carbocycles. The second kappa shape index (κ2) is 6.88. The average Bonchev–Trinajstić information content (AvgIpc) is 3.29. The van der Waals surface area contributed by atoms with E-state index in [1.165, 1.54) is 0 Å². The number of nitrogens with one attached hydrogen (secondary N) is 2. The zero-order valence-electron chi connectivity index (χ0n) is 13.2. The van der Waals surface area contributed by atoms with Gasteiger partial charge in [-0.05, 0) is 30.5 Å². The summed E-state index contributed by atoms with van der Waals surface area (Å²) in [6, 6.07) is 5.83. The Hall–Kier alpha value is -2.61. The number of nitrogens with zero attached hydrogens (tertiary/aromatic N) is 3. The van der Waals surface area contributed by atoms with Crippen LogP contribution < -0.4 is 20.1 Å². The predicted molar refractivity (Wildman–Crippen MR) is 87.2 cm³/mol. The Kier molecular flexibility index (Phi) is 4.28. The molecule has 2 N–H and O–H groups in total. The lowest BCUT2D eigenvalue weighted by Gasteiger charge is -2.11. The van der Waals surface area contributed by atoms with Gasteiger partial charge in [0.15, 0.2) is 17.3 Å². The van der Waals surface area contributed by atoms with Crippen LogP contribution in [0.5, 0.6) is 11.5 Å². The summed E-state index contributed by atoms with van der Waals surface area (Å²) in [5.74, 6) is 2.70. The summed E-state index contributed by atoms with van der Waals surface area (Å²) in [5, 5.41) is 14.4. The molecule has 2 aliphatic heterocycles. The zero-order chi connectivity index (χ0) is 16.2. The Labute approximate surface area is 139 Å². The second-order valence-electron chi connectivity index (χ2n) is 5.72. The maximum atomic E-state index is 5.58. The van der Waals surface area contributed by atoms with Crippen LogP contribution in [0.15, 0.2) is 24.4 Å². The lowest BCUT2D eigenvalue weighted by Crippen LogP contribution is -2.19. The Morgan fingerprint density at radius 3 is 3.04 bits per heavy atom. The highest BCUT2D eigenvalue weighted by Crippen LogP contribution is 2.32. The minimum Gasteiger partial charge on any atom is -0.454 e. The average molecular weight is 329 g/mol. The van der Waals surface area contributed by atoms with E-state index in [0.29, 0.717) is 18.3 Å². The van der Waals surface area contributed by atoms with Crippen LogP contribution in [0, 0.1) is 0 Å². The number of rotatable bonds is 6. The van der Waals surface area contributed by atoms with Gasteiger partial charge in [0.05, 0.1) is 12.3 Å². The number of ether oxygens (including phenoxy) is 3. The molecule has 1 aromatic carbocycles. The third kappa shape index (κ3) is 3.48. The van der Waals surface area contributed by atoms with Gasteiger partial charge < -0.3 is 24.8 Å². The number of anilines is 2. The van der Waals surface area contributed by atoms with Gasteiger partial charge in [0, 0.05) is 19.7 Å². The minimum atomic E-state index is 0.255. The van der Waals surface area contributed by atoms with E-state index >= 15 is 0 Å². The van der Waals surface area contributed by atoms with Crippen molar-refractivity contribution in [1.82, 2.24) is 15.2 Å². The molecule has 126 valence electrons. The van der Waals surface area contributed by atoms with E-state index in [4.69, 9.17) is 14.2 Å². The molecule has 0 amide bonds. The molecule has 1 unspecified atom stereocenters. The van der Waals surface area contributed by atoms with E-state index < -0.39 is 0 Å². The molecule has 1 aromatic heterocycles. The standard InChI is InChI=1S/C16H19N5O3/c1-2-12(22-5-1)8-17-15-9-19-21-16(20-15)18-7-11-3-4-13-14(6-11)24-10-23-13/h3-4,6,9,12H,1-2,5,7-8,10H2,(H2,17,18,20,21). The fourth-order valence-electron chi connectivity index (χ4n) is 2.72. The summed E-state index contributed by atoms with van der Waals surface area (Å²) in [6.07, 6.45) is 4.07. The van der Waals surface area contributed by atoms with Crippen molar-refractivity contribution < 1.29 is 14.2 Å². The van der Waals surface area contributed by atoms with E-state index in [0.717, 1.165) is 43.1 Å². The molecule has 1 saturated heterocycles. The van der Waals surface area contributed by atoms with Crippen LogP contribution in [0.3, 0.4) is 0 Å². The van der Waals surface area contributed by atoms with Crippen LogP contribution in [0.1, 0.15) is 18.4 Å². The Morgan fingerprint density at radius 1 is 1.17 bits per heavy atom. The predicted octanol–water partition coefficient (Wildman–Crippen LogP) is 1.80. The van der Waals surface area contributed by atoms with Gasteiger partial charge in [0.2, 0.25) is 12.7 Å². The van der Waals surface area contributed by atoms with Gasteiger partial charge in [0.1, 0.15) is 0 Å². The molecule has 8 nitrogen and oxygen atoms in total. The molecule has 3 heterocycles. The molecule has 1 fully saturated rings. The Morgan fingerprint density at radius 2 is 2.12 bits per heavy atom. The first-order valence-corrected chi connectivity index (χ1v) is 8.04. The Bertz CT molecular complexity index is 706. The summed E-state index contributed by atoms with van der Waals surface area (Å²) in [6.45, 7) is 2.43. The summed E-state index contributed by atoms with van der Waals surface area (Å²) in [7, 11) is 0. The number of hydrogen-bond acceptors (Lipinski definition) is 8. The summed E-state index contributed by atoms with van der Waals surface area (Å²) >= 11 is 0. The van der Waals surface area contributed by atoms with E-state index in [2.05, 4.69) is 25.8 Å². The van der Waals surface area contributed by atoms with Crippen molar-refractivity contribution in [2.45, 2.75) is 25.5 Å². The zero-order valence-corrected chi connectivity index (χ0v) is 13.2. The molecule has 2 aliphatic rings.